The number of para-hydroxylation sites is 2. The second-order valence-corrected chi connectivity index (χ2v) is 7.96. The van der Waals surface area contributed by atoms with Crippen molar-refractivity contribution in [1.29, 1.82) is 0 Å². The summed E-state index contributed by atoms with van der Waals surface area (Å²) >= 11 is 0. The molecule has 0 spiro atoms. The number of nitrogens with zero attached hydrogens (tertiary/aromatic N) is 5. The Hall–Kier alpha value is -4.20. The molecule has 1 fully saturated rings. The molecular formula is C26H25N5O3. The van der Waals surface area contributed by atoms with Gasteiger partial charge in [-0.2, -0.15) is 0 Å². The Morgan fingerprint density at radius 2 is 1.44 bits per heavy atom. The number of aromatic nitrogens is 2. The summed E-state index contributed by atoms with van der Waals surface area (Å²) in [6.07, 6.45) is 3.44. The van der Waals surface area contributed by atoms with E-state index >= 15 is 0 Å². The van der Waals surface area contributed by atoms with Crippen molar-refractivity contribution in [3.8, 4) is 5.75 Å². The number of imide groups is 1. The van der Waals surface area contributed by atoms with Crippen LogP contribution in [0.3, 0.4) is 0 Å². The molecule has 2 amide bonds. The van der Waals surface area contributed by atoms with Crippen LogP contribution in [0, 0.1) is 0 Å². The zero-order valence-electron chi connectivity index (χ0n) is 18.9. The first-order chi connectivity index (χ1) is 16.7. The third-order valence-electron chi connectivity index (χ3n) is 5.96. The molecule has 0 unspecified atom stereocenters. The molecule has 3 heterocycles. The maximum Gasteiger partial charge on any atom is 0.282 e. The van der Waals surface area contributed by atoms with E-state index in [1.165, 1.54) is 4.90 Å². The molecule has 8 heteroatoms. The fraction of sp³-hybridized carbons (Fsp3) is 0.231. The molecule has 34 heavy (non-hydrogen) atoms. The highest BCUT2D eigenvalue weighted by Gasteiger charge is 2.44. The predicted molar refractivity (Wildman–Crippen MR) is 129 cm³/mol. The van der Waals surface area contributed by atoms with Crippen molar-refractivity contribution in [1.82, 2.24) is 14.9 Å². The third-order valence-corrected chi connectivity index (χ3v) is 5.96. The number of carbonyl (C=O) groups is 2. The molecule has 0 bridgehead atoms. The molecule has 0 saturated carbocycles. The van der Waals surface area contributed by atoms with Gasteiger partial charge in [-0.1, -0.05) is 42.5 Å². The minimum absolute atomic E-state index is 0.333. The quantitative estimate of drug-likeness (QED) is 0.529. The Labute approximate surface area is 198 Å². The van der Waals surface area contributed by atoms with Gasteiger partial charge in [0, 0.05) is 38.6 Å². The summed E-state index contributed by atoms with van der Waals surface area (Å²) in [5, 5.41) is 0. The minimum Gasteiger partial charge on any atom is -0.492 e. The zero-order valence-corrected chi connectivity index (χ0v) is 18.9. The molecule has 2 aromatic carbocycles. The molecule has 0 aliphatic carbocycles. The summed E-state index contributed by atoms with van der Waals surface area (Å²) in [4.78, 5) is 41.6. The Kier molecular flexibility index (Phi) is 5.95. The lowest BCUT2D eigenvalue weighted by Gasteiger charge is -2.36. The average molecular weight is 456 g/mol. The van der Waals surface area contributed by atoms with Crippen molar-refractivity contribution >= 4 is 29.0 Å². The van der Waals surface area contributed by atoms with E-state index in [0.29, 0.717) is 61.4 Å². The van der Waals surface area contributed by atoms with Gasteiger partial charge in [-0.3, -0.25) is 9.59 Å². The van der Waals surface area contributed by atoms with Crippen molar-refractivity contribution in [3.05, 3.63) is 84.3 Å². The molecule has 0 N–H and O–H groups in total. The highest BCUT2D eigenvalue weighted by atomic mass is 16.5. The molecule has 0 atom stereocenters. The lowest BCUT2D eigenvalue weighted by Crippen LogP contribution is -2.48. The Morgan fingerprint density at radius 1 is 0.794 bits per heavy atom. The van der Waals surface area contributed by atoms with E-state index in [9.17, 15) is 9.59 Å². The van der Waals surface area contributed by atoms with Gasteiger partial charge in [0.15, 0.2) is 0 Å². The van der Waals surface area contributed by atoms with Crippen molar-refractivity contribution in [2.24, 2.45) is 0 Å². The van der Waals surface area contributed by atoms with Gasteiger partial charge in [0.05, 0.1) is 17.9 Å². The summed E-state index contributed by atoms with van der Waals surface area (Å²) in [7, 11) is 0. The zero-order chi connectivity index (χ0) is 23.5. The standard InChI is InChI=1S/C26H25N5O3/c1-2-34-21-12-7-6-11-20(21)31-24(32)22(19-9-4-3-5-10-19)23(25(31)33)29-15-17-30(18-16-29)26-27-13-8-14-28-26/h3-14H,2,15-18H2,1H3. The lowest BCUT2D eigenvalue weighted by atomic mass is 10.0. The van der Waals surface area contributed by atoms with E-state index in [2.05, 4.69) is 14.9 Å². The number of anilines is 2. The minimum atomic E-state index is -0.341. The van der Waals surface area contributed by atoms with Crippen LogP contribution in [0.1, 0.15) is 12.5 Å². The lowest BCUT2D eigenvalue weighted by molar-refractivity contribution is -0.120. The fourth-order valence-corrected chi connectivity index (χ4v) is 4.40. The Bertz CT molecular complexity index is 1220. The van der Waals surface area contributed by atoms with Crippen LogP contribution < -0.4 is 14.5 Å². The van der Waals surface area contributed by atoms with Gasteiger partial charge in [-0.05, 0) is 30.7 Å². The molecule has 5 rings (SSSR count). The topological polar surface area (TPSA) is 78.9 Å². The summed E-state index contributed by atoms with van der Waals surface area (Å²) in [6.45, 7) is 4.74. The van der Waals surface area contributed by atoms with Crippen LogP contribution in [0.2, 0.25) is 0 Å². The first-order valence-electron chi connectivity index (χ1n) is 11.4. The molecule has 2 aliphatic heterocycles. The van der Waals surface area contributed by atoms with E-state index in [4.69, 9.17) is 4.74 Å². The van der Waals surface area contributed by atoms with Crippen LogP contribution in [0.5, 0.6) is 5.75 Å². The van der Waals surface area contributed by atoms with Gasteiger partial charge in [0.25, 0.3) is 11.8 Å². The van der Waals surface area contributed by atoms with Gasteiger partial charge in [-0.15, -0.1) is 0 Å². The number of hydrogen-bond acceptors (Lipinski definition) is 7. The summed E-state index contributed by atoms with van der Waals surface area (Å²) in [5.74, 6) is 0.500. The molecule has 1 aromatic heterocycles. The van der Waals surface area contributed by atoms with E-state index in [1.54, 1.807) is 36.7 Å². The van der Waals surface area contributed by atoms with Gasteiger partial charge in [-0.25, -0.2) is 14.9 Å². The van der Waals surface area contributed by atoms with Gasteiger partial charge in [0.1, 0.15) is 11.4 Å². The number of amides is 2. The Morgan fingerprint density at radius 3 is 2.15 bits per heavy atom. The first-order valence-corrected chi connectivity index (χ1v) is 11.4. The van der Waals surface area contributed by atoms with Crippen LogP contribution >= 0.6 is 0 Å². The SMILES string of the molecule is CCOc1ccccc1N1C(=O)C(c2ccccc2)=C(N2CCN(c3ncccn3)CC2)C1=O. The number of ether oxygens (including phenoxy) is 1. The summed E-state index contributed by atoms with van der Waals surface area (Å²) in [5.41, 5.74) is 2.03. The van der Waals surface area contributed by atoms with Crippen LogP contribution in [-0.2, 0) is 9.59 Å². The maximum absolute atomic E-state index is 13.8. The number of hydrogen-bond donors (Lipinski definition) is 0. The second-order valence-electron chi connectivity index (χ2n) is 7.96. The van der Waals surface area contributed by atoms with Crippen LogP contribution in [-0.4, -0.2) is 59.5 Å². The number of rotatable bonds is 6. The van der Waals surface area contributed by atoms with Crippen molar-refractivity contribution in [3.63, 3.8) is 0 Å². The van der Waals surface area contributed by atoms with Gasteiger partial charge < -0.3 is 14.5 Å². The van der Waals surface area contributed by atoms with Crippen LogP contribution in [0.15, 0.2) is 78.8 Å². The number of benzene rings is 2. The predicted octanol–water partition coefficient (Wildman–Crippen LogP) is 2.98. The normalized spacial score (nSPS) is 16.4. The van der Waals surface area contributed by atoms with Crippen LogP contribution in [0.25, 0.3) is 5.57 Å². The molecule has 2 aliphatic rings. The molecule has 1 saturated heterocycles. The smallest absolute Gasteiger partial charge is 0.282 e. The third kappa shape index (κ3) is 3.87. The van der Waals surface area contributed by atoms with Crippen molar-refractivity contribution in [2.45, 2.75) is 6.92 Å². The van der Waals surface area contributed by atoms with E-state index < -0.39 is 0 Å². The van der Waals surface area contributed by atoms with E-state index in [-0.39, 0.29) is 11.8 Å². The average Bonchev–Trinajstić information content (AvgIpc) is 3.15. The summed E-state index contributed by atoms with van der Waals surface area (Å²) in [6, 6.07) is 18.3. The second kappa shape index (κ2) is 9.35. The molecule has 172 valence electrons. The molecule has 0 radical (unpaired) electrons. The molecular weight excluding hydrogens is 430 g/mol. The first kappa shape index (κ1) is 21.6. The van der Waals surface area contributed by atoms with Gasteiger partial charge >= 0.3 is 0 Å². The Balaban J connectivity index is 1.50. The van der Waals surface area contributed by atoms with Crippen molar-refractivity contribution < 1.29 is 14.3 Å². The van der Waals surface area contributed by atoms with E-state index in [0.717, 1.165) is 5.56 Å². The highest BCUT2D eigenvalue weighted by Crippen LogP contribution is 2.38. The largest absolute Gasteiger partial charge is 0.492 e. The van der Waals surface area contributed by atoms with Crippen molar-refractivity contribution in [2.75, 3.05) is 42.6 Å². The monoisotopic (exact) mass is 455 g/mol. The van der Waals surface area contributed by atoms with E-state index in [1.807, 2.05) is 48.2 Å². The fourth-order valence-electron chi connectivity index (χ4n) is 4.40. The van der Waals surface area contributed by atoms with Gasteiger partial charge in [0.2, 0.25) is 5.95 Å². The van der Waals surface area contributed by atoms with Crippen LogP contribution in [0.4, 0.5) is 11.6 Å². The highest BCUT2D eigenvalue weighted by molar-refractivity contribution is 6.45. The molecule has 8 nitrogen and oxygen atoms in total. The number of carbonyl (C=O) groups excluding carboxylic acids is 2. The molecule has 3 aromatic rings. The summed E-state index contributed by atoms with van der Waals surface area (Å²) < 4.78 is 5.73. The maximum atomic E-state index is 13.8. The number of piperazine rings is 1.